The van der Waals surface area contributed by atoms with Gasteiger partial charge in [0.15, 0.2) is 0 Å². The quantitative estimate of drug-likeness (QED) is 0.569. The highest BCUT2D eigenvalue weighted by molar-refractivity contribution is 4.71. The van der Waals surface area contributed by atoms with Gasteiger partial charge < -0.3 is 4.74 Å². The molecule has 1 fully saturated rings. The van der Waals surface area contributed by atoms with E-state index in [1.165, 1.54) is 19.3 Å². The predicted octanol–water partition coefficient (Wildman–Crippen LogP) is 0.361. The van der Waals surface area contributed by atoms with Gasteiger partial charge in [-0.15, -0.1) is 0 Å². The summed E-state index contributed by atoms with van der Waals surface area (Å²) in [7, 11) is 1.72. The van der Waals surface area contributed by atoms with Crippen molar-refractivity contribution in [3.63, 3.8) is 0 Å². The van der Waals surface area contributed by atoms with Gasteiger partial charge in [0.2, 0.25) is 0 Å². The summed E-state index contributed by atoms with van der Waals surface area (Å²) in [5.74, 6) is 5.72. The molecule has 60 valence electrons. The predicted molar refractivity (Wildman–Crippen MR) is 40.4 cm³/mol. The van der Waals surface area contributed by atoms with E-state index in [2.05, 4.69) is 0 Å². The second-order valence-electron chi connectivity index (χ2n) is 2.84. The molecule has 0 amide bonds. The van der Waals surface area contributed by atoms with Crippen molar-refractivity contribution in [1.29, 1.82) is 0 Å². The van der Waals surface area contributed by atoms with Crippen molar-refractivity contribution in [3.05, 3.63) is 0 Å². The van der Waals surface area contributed by atoms with Crippen LogP contribution in [-0.4, -0.2) is 31.3 Å². The number of piperidine rings is 1. The van der Waals surface area contributed by atoms with Crippen molar-refractivity contribution in [2.45, 2.75) is 25.3 Å². The number of ether oxygens (including phenoxy) is 1. The number of hydrogen-bond acceptors (Lipinski definition) is 3. The first-order valence-corrected chi connectivity index (χ1v) is 3.85. The molecule has 1 rings (SSSR count). The highest BCUT2D eigenvalue weighted by atomic mass is 16.5. The van der Waals surface area contributed by atoms with E-state index >= 15 is 0 Å². The smallest absolute Gasteiger partial charge is 0.0631 e. The number of rotatable bonds is 2. The molecule has 0 unspecified atom stereocenters. The minimum Gasteiger partial charge on any atom is -0.383 e. The summed E-state index contributed by atoms with van der Waals surface area (Å²) in [6.45, 7) is 1.80. The van der Waals surface area contributed by atoms with Crippen LogP contribution in [0.15, 0.2) is 0 Å². The van der Waals surface area contributed by atoms with Crippen LogP contribution in [0.1, 0.15) is 19.3 Å². The zero-order chi connectivity index (χ0) is 7.40. The lowest BCUT2D eigenvalue weighted by atomic mass is 10.1. The maximum absolute atomic E-state index is 5.72. The van der Waals surface area contributed by atoms with Crippen LogP contribution < -0.4 is 5.84 Å². The van der Waals surface area contributed by atoms with E-state index in [1.807, 2.05) is 5.01 Å². The number of methoxy groups -OCH3 is 1. The largest absolute Gasteiger partial charge is 0.383 e. The zero-order valence-corrected chi connectivity index (χ0v) is 6.55. The first-order chi connectivity index (χ1) is 4.84. The van der Waals surface area contributed by atoms with Gasteiger partial charge in [0.05, 0.1) is 6.61 Å². The summed E-state index contributed by atoms with van der Waals surface area (Å²) >= 11 is 0. The molecule has 2 N–H and O–H groups in total. The SMILES string of the molecule is COC[C@@H]1CCCCN1N. The second kappa shape index (κ2) is 3.91. The zero-order valence-electron chi connectivity index (χ0n) is 6.55. The van der Waals surface area contributed by atoms with Crippen molar-refractivity contribution >= 4 is 0 Å². The molecule has 0 saturated carbocycles. The summed E-state index contributed by atoms with van der Waals surface area (Å²) < 4.78 is 5.03. The monoisotopic (exact) mass is 144 g/mol. The highest BCUT2D eigenvalue weighted by Crippen LogP contribution is 2.12. The van der Waals surface area contributed by atoms with E-state index in [0.717, 1.165) is 13.2 Å². The number of hydrazine groups is 1. The summed E-state index contributed by atoms with van der Waals surface area (Å²) in [4.78, 5) is 0. The van der Waals surface area contributed by atoms with E-state index in [9.17, 15) is 0 Å². The standard InChI is InChI=1S/C7H16N2O/c1-10-6-7-4-2-3-5-9(7)8/h7H,2-6,8H2,1H3/t7-/m0/s1. The van der Waals surface area contributed by atoms with Crippen molar-refractivity contribution in [3.8, 4) is 0 Å². The minimum absolute atomic E-state index is 0.457. The maximum Gasteiger partial charge on any atom is 0.0631 e. The third-order valence-corrected chi connectivity index (χ3v) is 2.03. The molecule has 0 aromatic carbocycles. The molecule has 1 saturated heterocycles. The summed E-state index contributed by atoms with van der Waals surface area (Å²) in [6, 6.07) is 0.457. The van der Waals surface area contributed by atoms with E-state index < -0.39 is 0 Å². The van der Waals surface area contributed by atoms with Crippen LogP contribution in [0.3, 0.4) is 0 Å². The molecule has 0 aliphatic carbocycles. The van der Waals surface area contributed by atoms with Crippen LogP contribution in [0.2, 0.25) is 0 Å². The number of nitrogens with zero attached hydrogens (tertiary/aromatic N) is 1. The molecule has 1 heterocycles. The molecule has 3 heteroatoms. The Hall–Kier alpha value is -0.120. The van der Waals surface area contributed by atoms with Crippen molar-refractivity contribution < 1.29 is 4.74 Å². The fourth-order valence-electron chi connectivity index (χ4n) is 1.39. The topological polar surface area (TPSA) is 38.5 Å². The Kier molecular flexibility index (Phi) is 3.12. The van der Waals surface area contributed by atoms with Gasteiger partial charge >= 0.3 is 0 Å². The van der Waals surface area contributed by atoms with E-state index in [4.69, 9.17) is 10.6 Å². The summed E-state index contributed by atoms with van der Waals surface area (Å²) in [5.41, 5.74) is 0. The molecule has 3 nitrogen and oxygen atoms in total. The molecule has 1 aliphatic rings. The van der Waals surface area contributed by atoms with Crippen LogP contribution in [0.5, 0.6) is 0 Å². The van der Waals surface area contributed by atoms with Crippen molar-refractivity contribution in [1.82, 2.24) is 5.01 Å². The second-order valence-corrected chi connectivity index (χ2v) is 2.84. The van der Waals surface area contributed by atoms with E-state index in [-0.39, 0.29) is 0 Å². The van der Waals surface area contributed by atoms with Crippen LogP contribution >= 0.6 is 0 Å². The van der Waals surface area contributed by atoms with Gasteiger partial charge in [0.25, 0.3) is 0 Å². The van der Waals surface area contributed by atoms with Crippen molar-refractivity contribution in [2.24, 2.45) is 5.84 Å². The Labute approximate surface area is 62.1 Å². The molecule has 0 spiro atoms. The fourth-order valence-corrected chi connectivity index (χ4v) is 1.39. The summed E-state index contributed by atoms with van der Waals surface area (Å²) in [6.07, 6.45) is 3.71. The number of nitrogens with two attached hydrogens (primary N) is 1. The third-order valence-electron chi connectivity index (χ3n) is 2.03. The molecule has 1 aliphatic heterocycles. The van der Waals surface area contributed by atoms with Gasteiger partial charge in [-0.25, -0.2) is 5.01 Å². The van der Waals surface area contributed by atoms with Gasteiger partial charge in [-0.3, -0.25) is 5.84 Å². The fraction of sp³-hybridized carbons (Fsp3) is 1.00. The Balaban J connectivity index is 2.25. The van der Waals surface area contributed by atoms with Gasteiger partial charge in [-0.05, 0) is 12.8 Å². The normalized spacial score (nSPS) is 28.8. The lowest BCUT2D eigenvalue weighted by Gasteiger charge is -2.30. The Morgan fingerprint density at radius 3 is 3.00 bits per heavy atom. The van der Waals surface area contributed by atoms with Gasteiger partial charge in [-0.2, -0.15) is 0 Å². The van der Waals surface area contributed by atoms with Gasteiger partial charge in [0.1, 0.15) is 0 Å². The molecule has 1 atom stereocenters. The first kappa shape index (κ1) is 7.98. The minimum atomic E-state index is 0.457. The van der Waals surface area contributed by atoms with Crippen LogP contribution in [0.25, 0.3) is 0 Å². The molecular weight excluding hydrogens is 128 g/mol. The lowest BCUT2D eigenvalue weighted by Crippen LogP contribution is -2.46. The van der Waals surface area contributed by atoms with Crippen LogP contribution in [0, 0.1) is 0 Å². The molecule has 0 aromatic heterocycles. The molecule has 0 aromatic rings. The average Bonchev–Trinajstić information content (AvgIpc) is 1.94. The maximum atomic E-state index is 5.72. The molecule has 0 bridgehead atoms. The number of hydrogen-bond donors (Lipinski definition) is 1. The first-order valence-electron chi connectivity index (χ1n) is 3.85. The molecule has 0 radical (unpaired) electrons. The van der Waals surface area contributed by atoms with Gasteiger partial charge in [-0.1, -0.05) is 6.42 Å². The molecule has 10 heavy (non-hydrogen) atoms. The average molecular weight is 144 g/mol. The van der Waals surface area contributed by atoms with Crippen molar-refractivity contribution in [2.75, 3.05) is 20.3 Å². The Morgan fingerprint density at radius 2 is 2.40 bits per heavy atom. The Morgan fingerprint density at radius 1 is 1.60 bits per heavy atom. The lowest BCUT2D eigenvalue weighted by molar-refractivity contribution is 0.0652. The highest BCUT2D eigenvalue weighted by Gasteiger charge is 2.18. The Bertz CT molecular complexity index is 95.6. The third kappa shape index (κ3) is 1.94. The van der Waals surface area contributed by atoms with E-state index in [0.29, 0.717) is 6.04 Å². The van der Waals surface area contributed by atoms with Crippen LogP contribution in [0.4, 0.5) is 0 Å². The van der Waals surface area contributed by atoms with Gasteiger partial charge in [0, 0.05) is 19.7 Å². The van der Waals surface area contributed by atoms with Crippen LogP contribution in [-0.2, 0) is 4.74 Å². The molecular formula is C7H16N2O. The summed E-state index contributed by atoms with van der Waals surface area (Å²) in [5, 5.41) is 1.90. The van der Waals surface area contributed by atoms with E-state index in [1.54, 1.807) is 7.11 Å².